The molecule has 2 aliphatic heterocycles. The van der Waals surface area contributed by atoms with Gasteiger partial charge in [0.1, 0.15) is 5.60 Å². The standard InChI is InChI=1S/C33H37F6NO3/c34-32(35,36)24-18-23(19-25(20-24)33(37,38)39)31(42)11-8-27(28(31)41)30(22-4-2-1-3-5-22)9-6-26(7-10-30)40-15-12-29(13-16-40)14-17-43-21-29/h1-5,18-20,26-27,42H,6-17,21H2. The summed E-state index contributed by atoms with van der Waals surface area (Å²) in [5.41, 5.74) is -5.59. The fourth-order valence-corrected chi connectivity index (χ4v) is 8.40. The predicted molar refractivity (Wildman–Crippen MR) is 147 cm³/mol. The van der Waals surface area contributed by atoms with E-state index in [1.54, 1.807) is 0 Å². The molecule has 2 atom stereocenters. The van der Waals surface area contributed by atoms with E-state index < -0.39 is 51.8 Å². The highest BCUT2D eigenvalue weighted by Crippen LogP contribution is 2.55. The third kappa shape index (κ3) is 5.52. The molecule has 0 aromatic heterocycles. The van der Waals surface area contributed by atoms with Crippen LogP contribution in [0.1, 0.15) is 80.0 Å². The molecule has 2 aromatic carbocycles. The van der Waals surface area contributed by atoms with Crippen LogP contribution < -0.4 is 0 Å². The minimum absolute atomic E-state index is 0.0265. The molecule has 2 saturated carbocycles. The first-order valence-electron chi connectivity index (χ1n) is 15.2. The first kappa shape index (κ1) is 30.6. The maximum atomic E-state index is 14.1. The van der Waals surface area contributed by atoms with Gasteiger partial charge in [0.05, 0.1) is 17.7 Å². The Labute approximate surface area is 247 Å². The molecule has 2 heterocycles. The summed E-state index contributed by atoms with van der Waals surface area (Å²) in [6.45, 7) is 3.63. The van der Waals surface area contributed by atoms with Crippen LogP contribution in [-0.4, -0.2) is 48.1 Å². The Hall–Kier alpha value is -2.43. The Balaban J connectivity index is 1.27. The molecule has 4 fully saturated rings. The van der Waals surface area contributed by atoms with E-state index in [1.165, 1.54) is 0 Å². The molecule has 10 heteroatoms. The number of hydrogen-bond donors (Lipinski definition) is 1. The van der Waals surface area contributed by atoms with Crippen LogP contribution in [-0.2, 0) is 32.9 Å². The van der Waals surface area contributed by atoms with Crippen LogP contribution >= 0.6 is 0 Å². The molecule has 234 valence electrons. The average Bonchev–Trinajstić information content (AvgIpc) is 3.57. The molecule has 0 amide bonds. The SMILES string of the molecule is O=C1C(C2(c3ccccc3)CCC(N3CCC4(CCOC4)CC3)CC2)CCC1(O)c1cc(C(F)(F)F)cc(C(F)(F)F)c1. The lowest BCUT2D eigenvalue weighted by Gasteiger charge is -2.49. The molecule has 43 heavy (non-hydrogen) atoms. The summed E-state index contributed by atoms with van der Waals surface area (Å²) in [6, 6.07) is 10.9. The predicted octanol–water partition coefficient (Wildman–Crippen LogP) is 7.27. The first-order chi connectivity index (χ1) is 20.3. The second-order valence-corrected chi connectivity index (χ2v) is 13.2. The summed E-state index contributed by atoms with van der Waals surface area (Å²) in [4.78, 5) is 16.7. The van der Waals surface area contributed by atoms with E-state index in [1.807, 2.05) is 30.3 Å². The van der Waals surface area contributed by atoms with Gasteiger partial charge in [0, 0.05) is 24.0 Å². The van der Waals surface area contributed by atoms with Crippen molar-refractivity contribution in [2.45, 2.75) is 87.2 Å². The highest BCUT2D eigenvalue weighted by molar-refractivity contribution is 5.93. The van der Waals surface area contributed by atoms with E-state index in [0.717, 1.165) is 64.0 Å². The molecule has 2 aromatic rings. The zero-order valence-corrected chi connectivity index (χ0v) is 23.9. The highest BCUT2D eigenvalue weighted by atomic mass is 19.4. The molecule has 2 saturated heterocycles. The molecule has 2 aliphatic carbocycles. The topological polar surface area (TPSA) is 49.8 Å². The van der Waals surface area contributed by atoms with Gasteiger partial charge in [0.2, 0.25) is 0 Å². The number of likely N-dealkylation sites (tertiary alicyclic amines) is 1. The number of ether oxygens (including phenoxy) is 1. The summed E-state index contributed by atoms with van der Waals surface area (Å²) in [5.74, 6) is -1.42. The van der Waals surface area contributed by atoms with Gasteiger partial charge in [-0.25, -0.2) is 0 Å². The van der Waals surface area contributed by atoms with Gasteiger partial charge in [0.25, 0.3) is 0 Å². The second kappa shape index (κ2) is 10.9. The number of Topliss-reactive ketones (excluding diaryl/α,β-unsaturated/α-hetero) is 1. The van der Waals surface area contributed by atoms with E-state index in [0.29, 0.717) is 31.0 Å². The quantitative estimate of drug-likeness (QED) is 0.371. The minimum Gasteiger partial charge on any atom is -0.381 e. The third-order valence-electron chi connectivity index (χ3n) is 11.0. The Morgan fingerprint density at radius 1 is 0.767 bits per heavy atom. The minimum atomic E-state index is -5.07. The highest BCUT2D eigenvalue weighted by Gasteiger charge is 2.57. The van der Waals surface area contributed by atoms with Crippen LogP contribution in [0.3, 0.4) is 0 Å². The summed E-state index contributed by atoms with van der Waals surface area (Å²) < 4.78 is 87.4. The van der Waals surface area contributed by atoms with E-state index >= 15 is 0 Å². The second-order valence-electron chi connectivity index (χ2n) is 13.2. The van der Waals surface area contributed by atoms with Crippen molar-refractivity contribution in [1.29, 1.82) is 0 Å². The Bertz CT molecular complexity index is 1290. The van der Waals surface area contributed by atoms with Crippen molar-refractivity contribution < 1.29 is 41.0 Å². The molecule has 6 rings (SSSR count). The molecule has 4 aliphatic rings. The van der Waals surface area contributed by atoms with Crippen LogP contribution in [0.5, 0.6) is 0 Å². The summed E-state index contributed by atoms with van der Waals surface area (Å²) >= 11 is 0. The van der Waals surface area contributed by atoms with Crippen molar-refractivity contribution in [3.8, 4) is 0 Å². The first-order valence-corrected chi connectivity index (χ1v) is 15.2. The number of nitrogens with zero attached hydrogens (tertiary/aromatic N) is 1. The van der Waals surface area contributed by atoms with Crippen LogP contribution in [0.15, 0.2) is 48.5 Å². The molecule has 1 spiro atoms. The van der Waals surface area contributed by atoms with Gasteiger partial charge >= 0.3 is 12.4 Å². The van der Waals surface area contributed by atoms with Crippen LogP contribution in [0.25, 0.3) is 0 Å². The number of alkyl halides is 6. The zero-order chi connectivity index (χ0) is 30.7. The third-order valence-corrected chi connectivity index (χ3v) is 11.0. The maximum Gasteiger partial charge on any atom is 0.416 e. The van der Waals surface area contributed by atoms with Crippen molar-refractivity contribution in [2.75, 3.05) is 26.3 Å². The average molecular weight is 610 g/mol. The lowest BCUT2D eigenvalue weighted by molar-refractivity contribution is -0.145. The Morgan fingerprint density at radius 3 is 1.91 bits per heavy atom. The smallest absolute Gasteiger partial charge is 0.381 e. The van der Waals surface area contributed by atoms with Crippen LogP contribution in [0, 0.1) is 11.3 Å². The van der Waals surface area contributed by atoms with Crippen molar-refractivity contribution in [3.05, 3.63) is 70.8 Å². The van der Waals surface area contributed by atoms with Crippen LogP contribution in [0.2, 0.25) is 0 Å². The fraction of sp³-hybridized carbons (Fsp3) is 0.606. The van der Waals surface area contributed by atoms with Crippen molar-refractivity contribution in [2.24, 2.45) is 11.3 Å². The number of aliphatic hydroxyl groups is 1. The van der Waals surface area contributed by atoms with Gasteiger partial charge in [0.15, 0.2) is 5.78 Å². The van der Waals surface area contributed by atoms with Crippen molar-refractivity contribution in [3.63, 3.8) is 0 Å². The molecular weight excluding hydrogens is 572 g/mol. The maximum absolute atomic E-state index is 14.1. The van der Waals surface area contributed by atoms with Gasteiger partial charge in [-0.15, -0.1) is 0 Å². The number of hydrogen-bond acceptors (Lipinski definition) is 4. The molecular formula is C33H37F6NO3. The normalized spacial score (nSPS) is 32.0. The largest absolute Gasteiger partial charge is 0.416 e. The molecule has 0 radical (unpaired) electrons. The lowest BCUT2D eigenvalue weighted by atomic mass is 9.59. The van der Waals surface area contributed by atoms with Gasteiger partial charge < -0.3 is 14.7 Å². The Morgan fingerprint density at radius 2 is 1.37 bits per heavy atom. The van der Waals surface area contributed by atoms with E-state index in [2.05, 4.69) is 4.90 Å². The number of ketones is 1. The summed E-state index contributed by atoms with van der Waals surface area (Å²) in [7, 11) is 0. The number of carbonyl (C=O) groups excluding carboxylic acids is 1. The number of benzene rings is 2. The molecule has 2 unspecified atom stereocenters. The van der Waals surface area contributed by atoms with Crippen LogP contribution in [0.4, 0.5) is 26.3 Å². The lowest BCUT2D eigenvalue weighted by Crippen LogP contribution is -2.51. The summed E-state index contributed by atoms with van der Waals surface area (Å²) in [6.07, 6.45) is -3.97. The zero-order valence-electron chi connectivity index (χ0n) is 23.9. The van der Waals surface area contributed by atoms with Gasteiger partial charge in [-0.3, -0.25) is 4.79 Å². The van der Waals surface area contributed by atoms with Crippen molar-refractivity contribution >= 4 is 5.78 Å². The molecule has 0 bridgehead atoms. The number of halogens is 6. The molecule has 1 N–H and O–H groups in total. The van der Waals surface area contributed by atoms with Gasteiger partial charge in [-0.05, 0) is 106 Å². The number of piperidine rings is 1. The number of carbonyl (C=O) groups is 1. The van der Waals surface area contributed by atoms with Crippen molar-refractivity contribution in [1.82, 2.24) is 4.90 Å². The van der Waals surface area contributed by atoms with E-state index in [-0.39, 0.29) is 24.3 Å². The van der Waals surface area contributed by atoms with E-state index in [9.17, 15) is 36.2 Å². The van der Waals surface area contributed by atoms with E-state index in [4.69, 9.17) is 4.74 Å². The molecule has 4 nitrogen and oxygen atoms in total. The Kier molecular flexibility index (Phi) is 7.74. The summed E-state index contributed by atoms with van der Waals surface area (Å²) in [5, 5.41) is 11.6. The fourth-order valence-electron chi connectivity index (χ4n) is 8.40. The van der Waals surface area contributed by atoms with Gasteiger partial charge in [-0.1, -0.05) is 30.3 Å². The number of rotatable bonds is 4. The van der Waals surface area contributed by atoms with Gasteiger partial charge in [-0.2, -0.15) is 26.3 Å². The monoisotopic (exact) mass is 609 g/mol.